The van der Waals surface area contributed by atoms with Gasteiger partial charge in [-0.05, 0) is 6.08 Å². The Labute approximate surface area is 74.7 Å². The quantitative estimate of drug-likeness (QED) is 0.594. The zero-order chi connectivity index (χ0) is 9.31. The van der Waals surface area contributed by atoms with Crippen molar-refractivity contribution >= 4 is 0 Å². The van der Waals surface area contributed by atoms with E-state index in [2.05, 4.69) is 9.97 Å². The van der Waals surface area contributed by atoms with Gasteiger partial charge in [0.25, 0.3) is 5.79 Å². The maximum Gasteiger partial charge on any atom is 0.270 e. The van der Waals surface area contributed by atoms with Crippen LogP contribution >= 0.6 is 0 Å². The number of rotatable bonds is 2. The number of aromatic amines is 1. The predicted molar refractivity (Wildman–Crippen MR) is 43.4 cm³/mol. The lowest BCUT2D eigenvalue weighted by Gasteiger charge is -2.20. The zero-order valence-corrected chi connectivity index (χ0v) is 6.90. The van der Waals surface area contributed by atoms with Crippen LogP contribution in [0.25, 0.3) is 0 Å². The Kier molecular flexibility index (Phi) is 1.82. The SMILES string of the molecule is OCC1=CC[C@@](O)(c2ncc[nH]2)O1. The second-order valence-corrected chi connectivity index (χ2v) is 2.86. The predicted octanol–water partition coefficient (Wildman–Crippen LogP) is -0.149. The Bertz CT molecular complexity index is 320. The van der Waals surface area contributed by atoms with Gasteiger partial charge >= 0.3 is 0 Å². The van der Waals surface area contributed by atoms with E-state index in [1.807, 2.05) is 0 Å². The van der Waals surface area contributed by atoms with Crippen molar-refractivity contribution in [3.63, 3.8) is 0 Å². The number of hydrogen-bond acceptors (Lipinski definition) is 4. The van der Waals surface area contributed by atoms with Crippen molar-refractivity contribution in [2.24, 2.45) is 0 Å². The first-order valence-electron chi connectivity index (χ1n) is 3.96. The summed E-state index contributed by atoms with van der Waals surface area (Å²) < 4.78 is 5.12. The van der Waals surface area contributed by atoms with Crippen LogP contribution in [0.5, 0.6) is 0 Å². The van der Waals surface area contributed by atoms with E-state index in [1.165, 1.54) is 6.20 Å². The van der Waals surface area contributed by atoms with Crippen molar-refractivity contribution in [2.45, 2.75) is 12.2 Å². The molecular formula is C8H10N2O3. The number of aliphatic hydroxyl groups is 2. The maximum absolute atomic E-state index is 9.87. The first kappa shape index (κ1) is 8.28. The smallest absolute Gasteiger partial charge is 0.270 e. The highest BCUT2D eigenvalue weighted by Crippen LogP contribution is 2.32. The summed E-state index contributed by atoms with van der Waals surface area (Å²) in [6, 6.07) is 0. The standard InChI is InChI=1S/C8H10N2O3/c11-5-6-1-2-8(12,13-6)7-9-3-4-10-7/h1,3-4,11-12H,2,5H2,(H,9,10)/t8-/m0/s1. The number of nitrogens with one attached hydrogen (secondary N) is 1. The summed E-state index contributed by atoms with van der Waals surface area (Å²) in [6.45, 7) is -0.205. The second kappa shape index (κ2) is 2.86. The van der Waals surface area contributed by atoms with Crippen LogP contribution in [0.4, 0.5) is 0 Å². The summed E-state index contributed by atoms with van der Waals surface area (Å²) in [5, 5.41) is 18.6. The van der Waals surface area contributed by atoms with Gasteiger partial charge in [-0.15, -0.1) is 0 Å². The molecule has 1 atom stereocenters. The number of H-pyrrole nitrogens is 1. The van der Waals surface area contributed by atoms with Gasteiger partial charge in [-0.2, -0.15) is 0 Å². The first-order valence-corrected chi connectivity index (χ1v) is 3.96. The molecule has 13 heavy (non-hydrogen) atoms. The van der Waals surface area contributed by atoms with Crippen LogP contribution in [0.3, 0.4) is 0 Å². The maximum atomic E-state index is 9.87. The van der Waals surface area contributed by atoms with Gasteiger partial charge in [-0.1, -0.05) is 0 Å². The van der Waals surface area contributed by atoms with Crippen LogP contribution in [0.15, 0.2) is 24.2 Å². The van der Waals surface area contributed by atoms with Gasteiger partial charge in [0.1, 0.15) is 12.4 Å². The molecule has 0 amide bonds. The number of ether oxygens (including phenoxy) is 1. The van der Waals surface area contributed by atoms with Crippen molar-refractivity contribution in [1.29, 1.82) is 0 Å². The molecule has 0 bridgehead atoms. The summed E-state index contributed by atoms with van der Waals surface area (Å²) in [7, 11) is 0. The van der Waals surface area contributed by atoms with Gasteiger partial charge in [0, 0.05) is 18.8 Å². The molecule has 70 valence electrons. The van der Waals surface area contributed by atoms with Crippen LogP contribution < -0.4 is 0 Å². The molecule has 1 aliphatic rings. The third-order valence-corrected chi connectivity index (χ3v) is 1.93. The summed E-state index contributed by atoms with van der Waals surface area (Å²) in [6.07, 6.45) is 5.08. The van der Waals surface area contributed by atoms with E-state index in [9.17, 15) is 5.11 Å². The molecule has 0 saturated heterocycles. The molecule has 0 saturated carbocycles. The Hall–Kier alpha value is -1.33. The minimum atomic E-state index is -1.43. The molecule has 5 heteroatoms. The average molecular weight is 182 g/mol. The Morgan fingerprint density at radius 2 is 2.54 bits per heavy atom. The largest absolute Gasteiger partial charge is 0.457 e. The molecule has 0 unspecified atom stereocenters. The number of aliphatic hydroxyl groups excluding tert-OH is 1. The van der Waals surface area contributed by atoms with Crippen LogP contribution in [0, 0.1) is 0 Å². The summed E-state index contributed by atoms with van der Waals surface area (Å²) in [5.74, 6) is -0.701. The third-order valence-electron chi connectivity index (χ3n) is 1.93. The molecule has 0 aliphatic carbocycles. The fourth-order valence-electron chi connectivity index (χ4n) is 1.27. The summed E-state index contributed by atoms with van der Waals surface area (Å²) >= 11 is 0. The monoisotopic (exact) mass is 182 g/mol. The van der Waals surface area contributed by atoms with Crippen molar-refractivity contribution in [3.05, 3.63) is 30.1 Å². The molecule has 0 spiro atoms. The fraction of sp³-hybridized carbons (Fsp3) is 0.375. The molecule has 1 aromatic heterocycles. The average Bonchev–Trinajstić information content (AvgIpc) is 2.72. The molecule has 1 aliphatic heterocycles. The molecule has 2 heterocycles. The lowest BCUT2D eigenvalue weighted by Crippen LogP contribution is -2.26. The van der Waals surface area contributed by atoms with E-state index < -0.39 is 5.79 Å². The summed E-state index contributed by atoms with van der Waals surface area (Å²) in [5.41, 5.74) is 0. The van der Waals surface area contributed by atoms with E-state index in [0.717, 1.165) is 0 Å². The molecule has 1 aromatic rings. The van der Waals surface area contributed by atoms with Crippen LogP contribution in [-0.4, -0.2) is 26.8 Å². The molecule has 5 nitrogen and oxygen atoms in total. The molecule has 2 rings (SSSR count). The van der Waals surface area contributed by atoms with Gasteiger partial charge in [-0.25, -0.2) is 4.98 Å². The Morgan fingerprint density at radius 3 is 3.08 bits per heavy atom. The molecule has 3 N–H and O–H groups in total. The van der Waals surface area contributed by atoms with E-state index in [0.29, 0.717) is 18.0 Å². The van der Waals surface area contributed by atoms with E-state index in [-0.39, 0.29) is 6.61 Å². The molecule has 0 fully saturated rings. The number of hydrogen-bond donors (Lipinski definition) is 3. The first-order chi connectivity index (χ1) is 6.24. The van der Waals surface area contributed by atoms with Crippen molar-refractivity contribution in [1.82, 2.24) is 9.97 Å². The van der Waals surface area contributed by atoms with Crippen molar-refractivity contribution in [3.8, 4) is 0 Å². The fourth-order valence-corrected chi connectivity index (χ4v) is 1.27. The topological polar surface area (TPSA) is 78.4 Å². The van der Waals surface area contributed by atoms with Crippen LogP contribution in [0.2, 0.25) is 0 Å². The highest BCUT2D eigenvalue weighted by atomic mass is 16.6. The van der Waals surface area contributed by atoms with Crippen LogP contribution in [-0.2, 0) is 10.5 Å². The molecule has 0 radical (unpaired) electrons. The van der Waals surface area contributed by atoms with E-state index in [4.69, 9.17) is 9.84 Å². The lowest BCUT2D eigenvalue weighted by atomic mass is 10.2. The van der Waals surface area contributed by atoms with Crippen LogP contribution in [0.1, 0.15) is 12.2 Å². The highest BCUT2D eigenvalue weighted by Gasteiger charge is 2.38. The number of nitrogens with zero attached hydrogens (tertiary/aromatic N) is 1. The van der Waals surface area contributed by atoms with Gasteiger partial charge < -0.3 is 19.9 Å². The number of aromatic nitrogens is 2. The van der Waals surface area contributed by atoms with Crippen molar-refractivity contribution in [2.75, 3.05) is 6.61 Å². The second-order valence-electron chi connectivity index (χ2n) is 2.86. The summed E-state index contributed by atoms with van der Waals surface area (Å²) in [4.78, 5) is 6.66. The van der Waals surface area contributed by atoms with Gasteiger partial charge in [0.05, 0.1) is 0 Å². The Balaban J connectivity index is 2.18. The normalized spacial score (nSPS) is 27.1. The minimum absolute atomic E-state index is 0.205. The van der Waals surface area contributed by atoms with Gasteiger partial charge in [0.15, 0.2) is 5.82 Å². The van der Waals surface area contributed by atoms with E-state index in [1.54, 1.807) is 12.3 Å². The van der Waals surface area contributed by atoms with Gasteiger partial charge in [0.2, 0.25) is 0 Å². The van der Waals surface area contributed by atoms with Gasteiger partial charge in [-0.3, -0.25) is 0 Å². The lowest BCUT2D eigenvalue weighted by molar-refractivity contribution is -0.177. The molecular weight excluding hydrogens is 172 g/mol. The number of imidazole rings is 1. The minimum Gasteiger partial charge on any atom is -0.457 e. The van der Waals surface area contributed by atoms with Crippen molar-refractivity contribution < 1.29 is 14.9 Å². The third kappa shape index (κ3) is 1.32. The van der Waals surface area contributed by atoms with E-state index >= 15 is 0 Å². The zero-order valence-electron chi connectivity index (χ0n) is 6.90. The molecule has 0 aromatic carbocycles. The Morgan fingerprint density at radius 1 is 1.69 bits per heavy atom. The highest BCUT2D eigenvalue weighted by molar-refractivity contribution is 5.11.